The van der Waals surface area contributed by atoms with Gasteiger partial charge >= 0.3 is 31.5 Å². The van der Waals surface area contributed by atoms with Gasteiger partial charge < -0.3 is 28.0 Å². The number of benzene rings is 1. The third-order valence-electron chi connectivity index (χ3n) is 3.73. The Bertz CT molecular complexity index is 867. The minimum Gasteiger partial charge on any atom is -0.465 e. The number of carbonyl (C=O) groups excluding carboxylic acids is 4. The van der Waals surface area contributed by atoms with Gasteiger partial charge in [-0.25, -0.2) is 19.2 Å². The molecular weight excluding hydrogens is 411 g/mol. The molecule has 0 heterocycles. The first-order valence-electron chi connectivity index (χ1n) is 8.02. The SMILES string of the molecule is CCOC(=O)c1cc(C(=O)OC)c(P(=O)(OC)OC)c(C(=O)OC)c1C(=O)OC. The molecule has 0 aliphatic carbocycles. The minimum atomic E-state index is -4.35. The molecular formula is C17H21O11P. The second-order valence-corrected chi connectivity index (χ2v) is 7.30. The van der Waals surface area contributed by atoms with Gasteiger partial charge in [0.1, 0.15) is 0 Å². The van der Waals surface area contributed by atoms with Crippen LogP contribution in [0.25, 0.3) is 0 Å². The molecule has 12 heteroatoms. The summed E-state index contributed by atoms with van der Waals surface area (Å²) in [4.78, 5) is 49.9. The molecule has 0 aliphatic rings. The lowest BCUT2D eigenvalue weighted by atomic mass is 9.96. The van der Waals surface area contributed by atoms with E-state index in [0.29, 0.717) is 0 Å². The summed E-state index contributed by atoms with van der Waals surface area (Å²) in [6.07, 6.45) is 0. The number of carbonyl (C=O) groups is 4. The van der Waals surface area contributed by atoms with Crippen LogP contribution in [0.2, 0.25) is 0 Å². The van der Waals surface area contributed by atoms with Gasteiger partial charge in [0.2, 0.25) is 0 Å². The van der Waals surface area contributed by atoms with Gasteiger partial charge in [-0.1, -0.05) is 0 Å². The molecule has 29 heavy (non-hydrogen) atoms. The molecule has 1 aromatic carbocycles. The highest BCUT2D eigenvalue weighted by atomic mass is 31.2. The molecule has 1 rings (SSSR count). The van der Waals surface area contributed by atoms with E-state index < -0.39 is 59.0 Å². The Morgan fingerprint density at radius 2 is 1.24 bits per heavy atom. The summed E-state index contributed by atoms with van der Waals surface area (Å²) in [5.41, 5.74) is -2.36. The number of hydrogen-bond donors (Lipinski definition) is 0. The van der Waals surface area contributed by atoms with Crippen molar-refractivity contribution >= 4 is 36.8 Å². The summed E-state index contributed by atoms with van der Waals surface area (Å²) < 4.78 is 41.9. The molecule has 0 aliphatic heterocycles. The number of methoxy groups -OCH3 is 3. The molecule has 160 valence electrons. The van der Waals surface area contributed by atoms with Gasteiger partial charge in [-0.3, -0.25) is 4.57 Å². The van der Waals surface area contributed by atoms with E-state index in [2.05, 4.69) is 14.2 Å². The molecule has 0 saturated carbocycles. The number of hydrogen-bond acceptors (Lipinski definition) is 11. The third kappa shape index (κ3) is 4.64. The fourth-order valence-corrected chi connectivity index (χ4v) is 3.91. The van der Waals surface area contributed by atoms with Gasteiger partial charge in [0, 0.05) is 14.2 Å². The van der Waals surface area contributed by atoms with Gasteiger partial charge in [0.25, 0.3) is 0 Å². The Labute approximate surface area is 166 Å². The summed E-state index contributed by atoms with van der Waals surface area (Å²) in [5, 5.41) is -0.616. The topological polar surface area (TPSA) is 141 Å². The standard InChI is InChI=1S/C17H21O11P/c1-7-28-15(19)9-8-10(14(18)23-2)13(29(22,26-5)27-6)12(17(21)25-4)11(9)16(20)24-3/h8H,7H2,1-6H3. The van der Waals surface area contributed by atoms with E-state index in [-0.39, 0.29) is 6.61 Å². The summed E-state index contributed by atoms with van der Waals surface area (Å²) in [6, 6.07) is 0.891. The zero-order valence-electron chi connectivity index (χ0n) is 16.7. The van der Waals surface area contributed by atoms with E-state index in [0.717, 1.165) is 41.6 Å². The van der Waals surface area contributed by atoms with Crippen LogP contribution in [-0.4, -0.2) is 66.0 Å². The molecule has 0 unspecified atom stereocenters. The number of esters is 4. The van der Waals surface area contributed by atoms with Crippen LogP contribution in [0.15, 0.2) is 6.07 Å². The quantitative estimate of drug-likeness (QED) is 0.334. The second-order valence-electron chi connectivity index (χ2n) is 5.13. The first kappa shape index (κ1) is 24.3. The van der Waals surface area contributed by atoms with Crippen molar-refractivity contribution in [1.29, 1.82) is 0 Å². The van der Waals surface area contributed by atoms with Crippen LogP contribution >= 0.6 is 7.60 Å². The summed E-state index contributed by atoms with van der Waals surface area (Å²) in [5.74, 6) is -4.48. The normalized spacial score (nSPS) is 10.8. The lowest BCUT2D eigenvalue weighted by Crippen LogP contribution is -2.32. The molecule has 11 nitrogen and oxygen atoms in total. The fourth-order valence-electron chi connectivity index (χ4n) is 2.46. The van der Waals surface area contributed by atoms with Crippen molar-refractivity contribution in [2.45, 2.75) is 6.92 Å². The lowest BCUT2D eigenvalue weighted by Gasteiger charge is -2.22. The number of ether oxygens (including phenoxy) is 4. The van der Waals surface area contributed by atoms with Gasteiger partial charge in [0.15, 0.2) is 0 Å². The fraction of sp³-hybridized carbons (Fsp3) is 0.412. The molecule has 0 fully saturated rings. The van der Waals surface area contributed by atoms with E-state index in [1.54, 1.807) is 0 Å². The van der Waals surface area contributed by atoms with Crippen molar-refractivity contribution in [2.75, 3.05) is 42.2 Å². The Morgan fingerprint density at radius 3 is 1.66 bits per heavy atom. The number of rotatable bonds is 8. The van der Waals surface area contributed by atoms with E-state index in [1.165, 1.54) is 6.92 Å². The molecule has 0 radical (unpaired) electrons. The molecule has 0 N–H and O–H groups in total. The zero-order chi connectivity index (χ0) is 22.4. The summed E-state index contributed by atoms with van der Waals surface area (Å²) in [6.45, 7) is 1.44. The molecule has 0 amide bonds. The summed E-state index contributed by atoms with van der Waals surface area (Å²) >= 11 is 0. The third-order valence-corrected chi connectivity index (χ3v) is 5.71. The average molecular weight is 432 g/mol. The Morgan fingerprint density at radius 1 is 0.759 bits per heavy atom. The smallest absolute Gasteiger partial charge is 0.362 e. The molecule has 1 aromatic rings. The summed E-state index contributed by atoms with van der Waals surface area (Å²) in [7, 11) is 0.658. The van der Waals surface area contributed by atoms with Gasteiger partial charge in [-0.05, 0) is 13.0 Å². The van der Waals surface area contributed by atoms with Crippen LogP contribution in [-0.2, 0) is 32.6 Å². The zero-order valence-corrected chi connectivity index (χ0v) is 17.6. The molecule has 0 saturated heterocycles. The monoisotopic (exact) mass is 432 g/mol. The first-order chi connectivity index (χ1) is 13.7. The molecule has 0 spiro atoms. The Balaban J connectivity index is 4.32. The van der Waals surface area contributed by atoms with E-state index in [4.69, 9.17) is 13.8 Å². The van der Waals surface area contributed by atoms with Crippen molar-refractivity contribution in [3.63, 3.8) is 0 Å². The van der Waals surface area contributed by atoms with Gasteiger partial charge in [-0.2, -0.15) is 0 Å². The van der Waals surface area contributed by atoms with Crippen LogP contribution in [0.4, 0.5) is 0 Å². The Kier molecular flexibility index (Phi) is 8.50. The van der Waals surface area contributed by atoms with Gasteiger partial charge in [-0.15, -0.1) is 0 Å². The van der Waals surface area contributed by atoms with Crippen LogP contribution < -0.4 is 5.30 Å². The maximum absolute atomic E-state index is 13.2. The predicted molar refractivity (Wildman–Crippen MR) is 97.7 cm³/mol. The van der Waals surface area contributed by atoms with Gasteiger partial charge in [0.05, 0.1) is 55.5 Å². The highest BCUT2D eigenvalue weighted by molar-refractivity contribution is 7.62. The minimum absolute atomic E-state index is 0.0725. The van der Waals surface area contributed by atoms with Crippen LogP contribution in [0.5, 0.6) is 0 Å². The first-order valence-corrected chi connectivity index (χ1v) is 9.56. The maximum Gasteiger partial charge on any atom is 0.362 e. The van der Waals surface area contributed by atoms with Crippen molar-refractivity contribution < 1.29 is 51.7 Å². The van der Waals surface area contributed by atoms with E-state index in [9.17, 15) is 23.7 Å². The molecule has 0 atom stereocenters. The van der Waals surface area contributed by atoms with Crippen molar-refractivity contribution in [3.8, 4) is 0 Å². The van der Waals surface area contributed by atoms with Crippen LogP contribution in [0.3, 0.4) is 0 Å². The van der Waals surface area contributed by atoms with Crippen LogP contribution in [0.1, 0.15) is 48.4 Å². The molecule has 0 aromatic heterocycles. The largest absolute Gasteiger partial charge is 0.465 e. The average Bonchev–Trinajstić information content (AvgIpc) is 2.75. The highest BCUT2D eigenvalue weighted by Gasteiger charge is 2.42. The lowest BCUT2D eigenvalue weighted by molar-refractivity contribution is 0.0498. The van der Waals surface area contributed by atoms with Crippen LogP contribution in [0, 0.1) is 0 Å². The molecule has 0 bridgehead atoms. The van der Waals surface area contributed by atoms with Crippen molar-refractivity contribution in [1.82, 2.24) is 0 Å². The Hall–Kier alpha value is -2.75. The van der Waals surface area contributed by atoms with E-state index in [1.807, 2.05) is 0 Å². The predicted octanol–water partition coefficient (Wildman–Crippen LogP) is 1.33. The highest BCUT2D eigenvalue weighted by Crippen LogP contribution is 2.48. The van der Waals surface area contributed by atoms with Crippen molar-refractivity contribution in [3.05, 3.63) is 28.3 Å². The van der Waals surface area contributed by atoms with E-state index >= 15 is 0 Å². The van der Waals surface area contributed by atoms with Crippen molar-refractivity contribution in [2.24, 2.45) is 0 Å². The second kappa shape index (κ2) is 10.1. The maximum atomic E-state index is 13.2.